The molecular formula is C11H13NO8S2. The van der Waals surface area contributed by atoms with E-state index in [1.54, 1.807) is 0 Å². The van der Waals surface area contributed by atoms with Gasteiger partial charge >= 0.3 is 17.9 Å². The van der Waals surface area contributed by atoms with Gasteiger partial charge in [0.15, 0.2) is 0 Å². The topological polar surface area (TPSA) is 136 Å². The molecule has 11 heteroatoms. The van der Waals surface area contributed by atoms with Crippen LogP contribution in [0.4, 0.5) is 0 Å². The quantitative estimate of drug-likeness (QED) is 0.659. The van der Waals surface area contributed by atoms with Crippen LogP contribution in [0.25, 0.3) is 0 Å². The number of carboxylic acid groups (broad SMARTS) is 1. The molecule has 0 spiro atoms. The Kier molecular flexibility index (Phi) is 6.02. The van der Waals surface area contributed by atoms with E-state index in [-0.39, 0.29) is 16.3 Å². The summed E-state index contributed by atoms with van der Waals surface area (Å²) < 4.78 is 35.2. The van der Waals surface area contributed by atoms with E-state index in [4.69, 9.17) is 5.11 Å². The van der Waals surface area contributed by atoms with Crippen LogP contribution in [0.2, 0.25) is 0 Å². The lowest BCUT2D eigenvalue weighted by atomic mass is 10.4. The molecule has 0 fully saturated rings. The summed E-state index contributed by atoms with van der Waals surface area (Å²) >= 11 is 0.607. The number of rotatable bonds is 7. The summed E-state index contributed by atoms with van der Waals surface area (Å²) in [5.41, 5.74) is 0. The lowest BCUT2D eigenvalue weighted by Gasteiger charge is -2.05. The van der Waals surface area contributed by atoms with Crippen molar-refractivity contribution in [2.24, 2.45) is 0 Å². The Balaban J connectivity index is 3.19. The predicted molar refractivity (Wildman–Crippen MR) is 74.4 cm³/mol. The number of thiophene rings is 1. The average Bonchev–Trinajstić information content (AvgIpc) is 2.91. The Morgan fingerprint density at radius 1 is 1.23 bits per heavy atom. The molecule has 2 N–H and O–H groups in total. The lowest BCUT2D eigenvalue weighted by Crippen LogP contribution is -2.27. The van der Waals surface area contributed by atoms with Gasteiger partial charge in [-0.3, -0.25) is 4.79 Å². The van der Waals surface area contributed by atoms with Crippen LogP contribution in [0.3, 0.4) is 0 Å². The van der Waals surface area contributed by atoms with E-state index >= 15 is 0 Å². The van der Waals surface area contributed by atoms with Crippen molar-refractivity contribution in [2.75, 3.05) is 20.8 Å². The number of hydrogen-bond donors (Lipinski definition) is 2. The summed E-state index contributed by atoms with van der Waals surface area (Å²) in [6.07, 6.45) is -0.430. The van der Waals surface area contributed by atoms with E-state index in [2.05, 4.69) is 9.47 Å². The molecule has 0 aromatic carbocycles. The molecule has 1 rings (SSSR count). The first kappa shape index (κ1) is 18.1. The normalized spacial score (nSPS) is 11.0. The Labute approximate surface area is 129 Å². The molecule has 1 aromatic heterocycles. The van der Waals surface area contributed by atoms with Gasteiger partial charge in [0.2, 0.25) is 10.0 Å². The van der Waals surface area contributed by atoms with Gasteiger partial charge in [0.25, 0.3) is 0 Å². The van der Waals surface area contributed by atoms with Gasteiger partial charge in [-0.15, -0.1) is 11.3 Å². The monoisotopic (exact) mass is 351 g/mol. The number of carbonyl (C=O) groups is 3. The van der Waals surface area contributed by atoms with E-state index in [0.29, 0.717) is 11.3 Å². The van der Waals surface area contributed by atoms with Crippen molar-refractivity contribution in [1.29, 1.82) is 0 Å². The zero-order valence-corrected chi connectivity index (χ0v) is 13.2. The molecule has 122 valence electrons. The number of methoxy groups -OCH3 is 2. The van der Waals surface area contributed by atoms with Gasteiger partial charge < -0.3 is 14.6 Å². The van der Waals surface area contributed by atoms with Gasteiger partial charge in [0.05, 0.1) is 20.6 Å². The van der Waals surface area contributed by atoms with Crippen molar-refractivity contribution in [3.05, 3.63) is 15.8 Å². The maximum absolute atomic E-state index is 12.1. The lowest BCUT2D eigenvalue weighted by molar-refractivity contribution is -0.136. The predicted octanol–water partition coefficient (Wildman–Crippen LogP) is 0.0743. The highest BCUT2D eigenvalue weighted by atomic mass is 32.2. The fraction of sp³-hybridized carbons (Fsp3) is 0.364. The molecule has 0 saturated heterocycles. The second-order valence-corrected chi connectivity index (χ2v) is 6.62. The number of carbonyl (C=O) groups excluding carboxylic acids is 2. The van der Waals surface area contributed by atoms with Crippen LogP contribution in [0.1, 0.15) is 25.8 Å². The maximum Gasteiger partial charge on any atom is 0.349 e. The summed E-state index contributed by atoms with van der Waals surface area (Å²) in [4.78, 5) is 32.6. The standard InChI is InChI=1S/C11H13NO8S2/c1-19-10(15)6-5-7(9(21-6)11(16)20-2)22(17,18)12-4-3-8(13)14/h5,12H,3-4H2,1-2H3,(H,13,14). The first-order chi connectivity index (χ1) is 10.2. The smallest absolute Gasteiger partial charge is 0.349 e. The maximum atomic E-state index is 12.1. The zero-order chi connectivity index (χ0) is 16.9. The number of hydrogen-bond acceptors (Lipinski definition) is 8. The molecule has 0 aliphatic rings. The number of ether oxygens (including phenoxy) is 2. The molecule has 0 bridgehead atoms. The van der Waals surface area contributed by atoms with Crippen LogP contribution in [-0.4, -0.2) is 52.2 Å². The number of nitrogens with one attached hydrogen (secondary N) is 1. The van der Waals surface area contributed by atoms with Gasteiger partial charge in [-0.2, -0.15) is 0 Å². The highest BCUT2D eigenvalue weighted by Crippen LogP contribution is 2.27. The number of esters is 2. The third kappa shape index (κ3) is 4.26. The van der Waals surface area contributed by atoms with Crippen LogP contribution in [0.5, 0.6) is 0 Å². The molecule has 0 aliphatic carbocycles. The van der Waals surface area contributed by atoms with Crippen molar-refractivity contribution in [2.45, 2.75) is 11.3 Å². The van der Waals surface area contributed by atoms with E-state index in [1.807, 2.05) is 4.72 Å². The SMILES string of the molecule is COC(=O)c1cc(S(=O)(=O)NCCC(=O)O)c(C(=O)OC)s1. The molecule has 1 heterocycles. The number of carboxylic acids is 1. The van der Waals surface area contributed by atoms with E-state index in [1.165, 1.54) is 0 Å². The van der Waals surface area contributed by atoms with Crippen molar-refractivity contribution in [3.63, 3.8) is 0 Å². The van der Waals surface area contributed by atoms with Gasteiger partial charge in [-0.1, -0.05) is 0 Å². The van der Waals surface area contributed by atoms with Crippen molar-refractivity contribution in [3.8, 4) is 0 Å². The summed E-state index contributed by atoms with van der Waals surface area (Å²) in [6.45, 7) is -0.359. The molecule has 0 radical (unpaired) electrons. The molecule has 9 nitrogen and oxygen atoms in total. The number of sulfonamides is 1. The minimum Gasteiger partial charge on any atom is -0.481 e. The summed E-state index contributed by atoms with van der Waals surface area (Å²) in [5.74, 6) is -2.92. The molecule has 0 aliphatic heterocycles. The van der Waals surface area contributed by atoms with Crippen molar-refractivity contribution in [1.82, 2.24) is 4.72 Å². The third-order valence-electron chi connectivity index (χ3n) is 2.38. The molecule has 22 heavy (non-hydrogen) atoms. The van der Waals surface area contributed by atoms with Crippen LogP contribution >= 0.6 is 11.3 Å². The second-order valence-electron chi connectivity index (χ2n) is 3.83. The van der Waals surface area contributed by atoms with E-state index in [0.717, 1.165) is 20.3 Å². The molecular weight excluding hydrogens is 338 g/mol. The summed E-state index contributed by atoms with van der Waals surface area (Å²) in [6, 6.07) is 0.978. The first-order valence-electron chi connectivity index (χ1n) is 5.75. The van der Waals surface area contributed by atoms with Gasteiger partial charge in [-0.05, 0) is 6.07 Å². The highest BCUT2D eigenvalue weighted by molar-refractivity contribution is 7.89. The summed E-state index contributed by atoms with van der Waals surface area (Å²) in [7, 11) is -2.00. The minimum atomic E-state index is -4.17. The van der Waals surface area contributed by atoms with Crippen molar-refractivity contribution < 1.29 is 37.4 Å². The number of aliphatic carboxylic acids is 1. The molecule has 0 atom stereocenters. The Morgan fingerprint density at radius 3 is 2.32 bits per heavy atom. The zero-order valence-electron chi connectivity index (χ0n) is 11.6. The Morgan fingerprint density at radius 2 is 1.82 bits per heavy atom. The molecule has 1 aromatic rings. The minimum absolute atomic E-state index is 0.0958. The van der Waals surface area contributed by atoms with Crippen molar-refractivity contribution >= 4 is 39.3 Å². The van der Waals surface area contributed by atoms with E-state index in [9.17, 15) is 22.8 Å². The van der Waals surface area contributed by atoms with Crippen LogP contribution in [-0.2, 0) is 24.3 Å². The Hall–Kier alpha value is -1.98. The third-order valence-corrected chi connectivity index (χ3v) is 5.09. The van der Waals surface area contributed by atoms with Gasteiger partial charge in [-0.25, -0.2) is 22.7 Å². The summed E-state index contributed by atoms with van der Waals surface area (Å²) in [5, 5.41) is 8.50. The highest BCUT2D eigenvalue weighted by Gasteiger charge is 2.28. The van der Waals surface area contributed by atoms with Crippen LogP contribution in [0, 0.1) is 0 Å². The molecule has 0 unspecified atom stereocenters. The van der Waals surface area contributed by atoms with Gasteiger partial charge in [0, 0.05) is 6.54 Å². The van der Waals surface area contributed by atoms with E-state index < -0.39 is 39.2 Å². The van der Waals surface area contributed by atoms with Gasteiger partial charge in [0.1, 0.15) is 14.6 Å². The fourth-order valence-corrected chi connectivity index (χ4v) is 3.93. The molecule has 0 saturated carbocycles. The fourth-order valence-electron chi connectivity index (χ4n) is 1.38. The van der Waals surface area contributed by atoms with Crippen LogP contribution < -0.4 is 4.72 Å². The Bertz CT molecular complexity index is 691. The average molecular weight is 351 g/mol. The second kappa shape index (κ2) is 7.33. The largest absolute Gasteiger partial charge is 0.481 e. The molecule has 0 amide bonds. The van der Waals surface area contributed by atoms with Crippen LogP contribution in [0.15, 0.2) is 11.0 Å². The first-order valence-corrected chi connectivity index (χ1v) is 8.04.